The third-order valence-corrected chi connectivity index (χ3v) is 8.77. The molecule has 3 heterocycles. The second-order valence-electron chi connectivity index (χ2n) is 11.9. The summed E-state index contributed by atoms with van der Waals surface area (Å²) in [5.41, 5.74) is 8.54. The number of nitrogens with zero attached hydrogens (tertiary/aromatic N) is 5. The highest BCUT2D eigenvalue weighted by Gasteiger charge is 2.30. The van der Waals surface area contributed by atoms with E-state index in [-0.39, 0.29) is 0 Å². The standard InChI is InChI=1S/C44H29N5O/c1-4-16-30(17-5-1)34-22-10-11-23-35(34)33-28-36(43-47-41(31-18-6-2-7-19-31)46-42(48-43)32-20-8-3-9-21-32)44(45-29-33)49-37-24-12-14-26-39(37)50-40-27-15-13-25-38(40)49/h1-29H. The van der Waals surface area contributed by atoms with Crippen molar-refractivity contribution in [3.8, 4) is 67.9 Å². The highest BCUT2D eigenvalue weighted by Crippen LogP contribution is 2.51. The van der Waals surface area contributed by atoms with Crippen LogP contribution in [0.2, 0.25) is 0 Å². The predicted molar refractivity (Wildman–Crippen MR) is 200 cm³/mol. The number of pyridine rings is 1. The van der Waals surface area contributed by atoms with E-state index in [2.05, 4.69) is 59.5 Å². The Hall–Kier alpha value is -6.92. The summed E-state index contributed by atoms with van der Waals surface area (Å²) in [6, 6.07) is 57.1. The molecule has 0 bridgehead atoms. The summed E-state index contributed by atoms with van der Waals surface area (Å²) in [5, 5.41) is 0. The minimum atomic E-state index is 0.515. The molecule has 1 aliphatic rings. The predicted octanol–water partition coefficient (Wildman–Crippen LogP) is 11.2. The number of aromatic nitrogens is 4. The maximum Gasteiger partial charge on any atom is 0.167 e. The van der Waals surface area contributed by atoms with Gasteiger partial charge in [-0.3, -0.25) is 4.90 Å². The topological polar surface area (TPSA) is 64.0 Å². The maximum absolute atomic E-state index is 6.38. The Morgan fingerprint density at radius 3 is 1.38 bits per heavy atom. The van der Waals surface area contributed by atoms with Gasteiger partial charge >= 0.3 is 0 Å². The molecule has 0 saturated carbocycles. The lowest BCUT2D eigenvalue weighted by Gasteiger charge is -2.33. The monoisotopic (exact) mass is 643 g/mol. The van der Waals surface area contributed by atoms with Crippen LogP contribution >= 0.6 is 0 Å². The lowest BCUT2D eigenvalue weighted by molar-refractivity contribution is 0.476. The van der Waals surface area contributed by atoms with Crippen LogP contribution in [0, 0.1) is 0 Å². The van der Waals surface area contributed by atoms with Gasteiger partial charge in [0, 0.05) is 22.9 Å². The average Bonchev–Trinajstić information content (AvgIpc) is 3.20. The van der Waals surface area contributed by atoms with Crippen molar-refractivity contribution < 1.29 is 4.74 Å². The van der Waals surface area contributed by atoms with E-state index in [1.54, 1.807) is 0 Å². The normalized spacial score (nSPS) is 11.7. The van der Waals surface area contributed by atoms with E-state index in [4.69, 9.17) is 24.7 Å². The number of hydrogen-bond donors (Lipinski definition) is 0. The maximum atomic E-state index is 6.38. The first kappa shape index (κ1) is 29.2. The van der Waals surface area contributed by atoms with Gasteiger partial charge in [-0.1, -0.05) is 140 Å². The van der Waals surface area contributed by atoms with Gasteiger partial charge in [0.1, 0.15) is 5.82 Å². The molecular formula is C44H29N5O. The molecule has 9 rings (SSSR count). The van der Waals surface area contributed by atoms with Gasteiger partial charge < -0.3 is 4.74 Å². The zero-order valence-electron chi connectivity index (χ0n) is 26.9. The number of para-hydroxylation sites is 4. The van der Waals surface area contributed by atoms with Gasteiger partial charge in [0.25, 0.3) is 0 Å². The Balaban J connectivity index is 1.33. The van der Waals surface area contributed by atoms with Crippen molar-refractivity contribution in [1.29, 1.82) is 0 Å². The molecule has 0 saturated heterocycles. The van der Waals surface area contributed by atoms with Crippen LogP contribution in [0.25, 0.3) is 56.4 Å². The molecule has 8 aromatic rings. The van der Waals surface area contributed by atoms with E-state index in [1.807, 2.05) is 121 Å². The molecule has 0 fully saturated rings. The first-order chi connectivity index (χ1) is 24.8. The van der Waals surface area contributed by atoms with Crippen LogP contribution in [-0.2, 0) is 0 Å². The molecule has 0 N–H and O–H groups in total. The number of rotatable bonds is 6. The van der Waals surface area contributed by atoms with Gasteiger partial charge in [-0.2, -0.15) is 0 Å². The van der Waals surface area contributed by atoms with Crippen LogP contribution in [0.5, 0.6) is 11.5 Å². The molecule has 6 aromatic carbocycles. The fourth-order valence-corrected chi connectivity index (χ4v) is 6.41. The quantitative estimate of drug-likeness (QED) is 0.180. The number of fused-ring (bicyclic) bond motifs is 2. The summed E-state index contributed by atoms with van der Waals surface area (Å²) < 4.78 is 6.38. The molecule has 0 spiro atoms. The molecule has 2 aromatic heterocycles. The molecule has 50 heavy (non-hydrogen) atoms. The number of hydrogen-bond acceptors (Lipinski definition) is 6. The Morgan fingerprint density at radius 1 is 0.380 bits per heavy atom. The van der Waals surface area contributed by atoms with Crippen molar-refractivity contribution >= 4 is 17.2 Å². The van der Waals surface area contributed by atoms with Gasteiger partial charge in [0.05, 0.1) is 16.9 Å². The molecule has 236 valence electrons. The smallest absolute Gasteiger partial charge is 0.167 e. The zero-order chi connectivity index (χ0) is 33.3. The van der Waals surface area contributed by atoms with E-state index < -0.39 is 0 Å². The fraction of sp³-hybridized carbons (Fsp3) is 0. The summed E-state index contributed by atoms with van der Waals surface area (Å²) in [6.07, 6.45) is 1.94. The summed E-state index contributed by atoms with van der Waals surface area (Å²) in [7, 11) is 0. The van der Waals surface area contributed by atoms with Crippen LogP contribution in [0.1, 0.15) is 0 Å². The summed E-state index contributed by atoms with van der Waals surface area (Å²) >= 11 is 0. The molecule has 0 amide bonds. The van der Waals surface area contributed by atoms with Crippen LogP contribution in [0.15, 0.2) is 176 Å². The van der Waals surface area contributed by atoms with E-state index in [9.17, 15) is 0 Å². The Morgan fingerprint density at radius 2 is 0.820 bits per heavy atom. The Labute approximate surface area is 290 Å². The van der Waals surface area contributed by atoms with Crippen LogP contribution in [0.3, 0.4) is 0 Å². The summed E-state index contributed by atoms with van der Waals surface area (Å²) in [6.45, 7) is 0. The lowest BCUT2D eigenvalue weighted by atomic mass is 9.94. The second-order valence-corrected chi connectivity index (χ2v) is 11.9. The minimum Gasteiger partial charge on any atom is -0.453 e. The minimum absolute atomic E-state index is 0.515. The van der Waals surface area contributed by atoms with E-state index in [0.29, 0.717) is 23.3 Å². The van der Waals surface area contributed by atoms with Crippen molar-refractivity contribution in [2.45, 2.75) is 0 Å². The van der Waals surface area contributed by atoms with E-state index >= 15 is 0 Å². The van der Waals surface area contributed by atoms with Gasteiger partial charge in [0.2, 0.25) is 0 Å². The highest BCUT2D eigenvalue weighted by molar-refractivity contribution is 5.93. The second kappa shape index (κ2) is 12.6. The van der Waals surface area contributed by atoms with Gasteiger partial charge in [0.15, 0.2) is 29.0 Å². The number of anilines is 3. The summed E-state index contributed by atoms with van der Waals surface area (Å²) in [4.78, 5) is 22.7. The molecule has 1 aliphatic heterocycles. The average molecular weight is 644 g/mol. The molecule has 0 aliphatic carbocycles. The lowest BCUT2D eigenvalue weighted by Crippen LogP contribution is -2.18. The fourth-order valence-electron chi connectivity index (χ4n) is 6.41. The van der Waals surface area contributed by atoms with Crippen LogP contribution < -0.4 is 9.64 Å². The third kappa shape index (κ3) is 5.35. The Kier molecular flexibility index (Phi) is 7.37. The van der Waals surface area contributed by atoms with Crippen molar-refractivity contribution in [3.63, 3.8) is 0 Å². The molecular weight excluding hydrogens is 615 g/mol. The van der Waals surface area contributed by atoms with Crippen molar-refractivity contribution in [2.24, 2.45) is 0 Å². The number of benzene rings is 6. The first-order valence-corrected chi connectivity index (χ1v) is 16.5. The molecule has 6 heteroatoms. The molecule has 0 radical (unpaired) electrons. The van der Waals surface area contributed by atoms with Gasteiger partial charge in [-0.05, 0) is 47.0 Å². The largest absolute Gasteiger partial charge is 0.453 e. The van der Waals surface area contributed by atoms with Gasteiger partial charge in [-0.25, -0.2) is 19.9 Å². The van der Waals surface area contributed by atoms with Gasteiger partial charge in [-0.15, -0.1) is 0 Å². The molecule has 0 atom stereocenters. The van der Waals surface area contributed by atoms with Crippen molar-refractivity contribution in [1.82, 2.24) is 19.9 Å². The first-order valence-electron chi connectivity index (χ1n) is 16.5. The summed E-state index contributed by atoms with van der Waals surface area (Å²) in [5.74, 6) is 3.83. The highest BCUT2D eigenvalue weighted by atomic mass is 16.5. The van der Waals surface area contributed by atoms with Crippen molar-refractivity contribution in [2.75, 3.05) is 4.90 Å². The van der Waals surface area contributed by atoms with Crippen LogP contribution in [0.4, 0.5) is 17.2 Å². The molecule has 6 nitrogen and oxygen atoms in total. The van der Waals surface area contributed by atoms with E-state index in [0.717, 1.165) is 61.8 Å². The van der Waals surface area contributed by atoms with E-state index in [1.165, 1.54) is 0 Å². The third-order valence-electron chi connectivity index (χ3n) is 8.77. The SMILES string of the molecule is c1ccc(-c2nc(-c3ccccc3)nc(-c3cc(-c4ccccc4-c4ccccc4)cnc3N3c4ccccc4Oc4ccccc43)n2)cc1. The van der Waals surface area contributed by atoms with Crippen molar-refractivity contribution in [3.05, 3.63) is 176 Å². The Bertz CT molecular complexity index is 2370. The zero-order valence-corrected chi connectivity index (χ0v) is 26.9. The van der Waals surface area contributed by atoms with Crippen LogP contribution in [-0.4, -0.2) is 19.9 Å². The number of ether oxygens (including phenoxy) is 1. The molecule has 0 unspecified atom stereocenters.